The number of hydrogen-bond donors (Lipinski definition) is 0. The summed E-state index contributed by atoms with van der Waals surface area (Å²) in [5.74, 6) is -0.385. The highest BCUT2D eigenvalue weighted by Gasteiger charge is 2.29. The number of carbonyl (C=O) groups is 3. The lowest BCUT2D eigenvalue weighted by Crippen LogP contribution is -2.34. The molecule has 0 spiro atoms. The standard InChI is InChI=1S/C14H18N2O3S/c1-10-6-8-20-11(10)9-15(2)12(17)5-7-16-13(18)3-4-14(16)19/h6,8H,3-5,7,9H2,1-2H3. The maximum atomic E-state index is 12.0. The largest absolute Gasteiger partial charge is 0.341 e. The van der Waals surface area contributed by atoms with Gasteiger partial charge in [-0.15, -0.1) is 11.3 Å². The molecular formula is C14H18N2O3S. The minimum atomic E-state index is -0.167. The van der Waals surface area contributed by atoms with Gasteiger partial charge >= 0.3 is 0 Å². The highest BCUT2D eigenvalue weighted by atomic mass is 32.1. The molecule has 6 heteroatoms. The normalized spacial score (nSPS) is 15.0. The molecule has 0 bridgehead atoms. The molecule has 1 fully saturated rings. The molecule has 1 aliphatic rings. The van der Waals surface area contributed by atoms with Crippen LogP contribution in [0.1, 0.15) is 29.7 Å². The number of amides is 3. The van der Waals surface area contributed by atoms with Crippen molar-refractivity contribution in [3.05, 3.63) is 21.9 Å². The third-order valence-electron chi connectivity index (χ3n) is 3.48. The summed E-state index contributed by atoms with van der Waals surface area (Å²) >= 11 is 1.63. The molecule has 0 atom stereocenters. The molecule has 2 heterocycles. The fourth-order valence-corrected chi connectivity index (χ4v) is 3.10. The van der Waals surface area contributed by atoms with Crippen molar-refractivity contribution in [2.75, 3.05) is 13.6 Å². The van der Waals surface area contributed by atoms with E-state index in [1.54, 1.807) is 23.3 Å². The molecule has 1 aromatic rings. The topological polar surface area (TPSA) is 57.7 Å². The Hall–Kier alpha value is -1.69. The molecular weight excluding hydrogens is 276 g/mol. The summed E-state index contributed by atoms with van der Waals surface area (Å²) in [6, 6.07) is 2.03. The van der Waals surface area contributed by atoms with E-state index in [9.17, 15) is 14.4 Å². The van der Waals surface area contributed by atoms with E-state index in [2.05, 4.69) is 0 Å². The third kappa shape index (κ3) is 3.25. The van der Waals surface area contributed by atoms with Gasteiger partial charge in [-0.2, -0.15) is 0 Å². The highest BCUT2D eigenvalue weighted by molar-refractivity contribution is 7.10. The van der Waals surface area contributed by atoms with Crippen molar-refractivity contribution in [3.8, 4) is 0 Å². The second kappa shape index (κ2) is 6.17. The number of carbonyl (C=O) groups excluding carboxylic acids is 3. The lowest BCUT2D eigenvalue weighted by Gasteiger charge is -2.19. The molecule has 3 amide bonds. The molecule has 20 heavy (non-hydrogen) atoms. The Bertz CT molecular complexity index is 522. The van der Waals surface area contributed by atoms with Gasteiger partial charge in [-0.05, 0) is 23.9 Å². The number of thiophene rings is 1. The van der Waals surface area contributed by atoms with Gasteiger partial charge in [-0.25, -0.2) is 0 Å². The average Bonchev–Trinajstić information content (AvgIpc) is 2.95. The second-order valence-electron chi connectivity index (χ2n) is 4.97. The molecule has 1 aromatic heterocycles. The zero-order valence-corrected chi connectivity index (χ0v) is 12.5. The van der Waals surface area contributed by atoms with Crippen LogP contribution < -0.4 is 0 Å². The van der Waals surface area contributed by atoms with Gasteiger partial charge in [0, 0.05) is 37.7 Å². The smallest absolute Gasteiger partial charge is 0.229 e. The molecule has 5 nitrogen and oxygen atoms in total. The molecule has 2 rings (SSSR count). The lowest BCUT2D eigenvalue weighted by molar-refractivity contribution is -0.139. The summed E-state index contributed by atoms with van der Waals surface area (Å²) in [4.78, 5) is 38.9. The van der Waals surface area contributed by atoms with Crippen LogP contribution in [0.2, 0.25) is 0 Å². The van der Waals surface area contributed by atoms with Crippen molar-refractivity contribution in [3.63, 3.8) is 0 Å². The van der Waals surface area contributed by atoms with Crippen LogP contribution in [-0.2, 0) is 20.9 Å². The number of hydrogen-bond acceptors (Lipinski definition) is 4. The predicted molar refractivity (Wildman–Crippen MR) is 76.1 cm³/mol. The second-order valence-corrected chi connectivity index (χ2v) is 5.97. The molecule has 0 aliphatic carbocycles. The van der Waals surface area contributed by atoms with Crippen molar-refractivity contribution < 1.29 is 14.4 Å². The van der Waals surface area contributed by atoms with Crippen molar-refractivity contribution in [1.29, 1.82) is 0 Å². The van der Waals surface area contributed by atoms with E-state index in [-0.39, 0.29) is 43.5 Å². The molecule has 1 aliphatic heterocycles. The Morgan fingerprint density at radius 2 is 2.00 bits per heavy atom. The van der Waals surface area contributed by atoms with E-state index in [0.717, 1.165) is 4.88 Å². The first kappa shape index (κ1) is 14.7. The van der Waals surface area contributed by atoms with E-state index < -0.39 is 0 Å². The van der Waals surface area contributed by atoms with E-state index in [0.29, 0.717) is 6.54 Å². The van der Waals surface area contributed by atoms with Crippen molar-refractivity contribution in [1.82, 2.24) is 9.80 Å². The van der Waals surface area contributed by atoms with Gasteiger partial charge < -0.3 is 4.90 Å². The summed E-state index contributed by atoms with van der Waals surface area (Å²) < 4.78 is 0. The van der Waals surface area contributed by atoms with Crippen molar-refractivity contribution >= 4 is 29.1 Å². The van der Waals surface area contributed by atoms with E-state index >= 15 is 0 Å². The fourth-order valence-electron chi connectivity index (χ4n) is 2.14. The van der Waals surface area contributed by atoms with Gasteiger partial charge in [0.1, 0.15) is 0 Å². The van der Waals surface area contributed by atoms with Crippen molar-refractivity contribution in [2.24, 2.45) is 0 Å². The number of rotatable bonds is 5. The molecule has 0 aromatic carbocycles. The quantitative estimate of drug-likeness (QED) is 0.774. The SMILES string of the molecule is Cc1ccsc1CN(C)C(=O)CCN1C(=O)CCC1=O. The zero-order chi connectivity index (χ0) is 14.7. The Labute approximate surface area is 122 Å². The lowest BCUT2D eigenvalue weighted by atomic mass is 10.2. The van der Waals surface area contributed by atoms with Crippen LogP contribution in [-0.4, -0.2) is 41.1 Å². The van der Waals surface area contributed by atoms with Gasteiger partial charge in [-0.1, -0.05) is 0 Å². The van der Waals surface area contributed by atoms with Gasteiger partial charge in [0.15, 0.2) is 0 Å². The average molecular weight is 294 g/mol. The minimum Gasteiger partial charge on any atom is -0.341 e. The first-order valence-electron chi connectivity index (χ1n) is 6.59. The number of likely N-dealkylation sites (tertiary alicyclic amines) is 1. The summed E-state index contributed by atoms with van der Waals surface area (Å²) in [6.07, 6.45) is 0.743. The third-order valence-corrected chi connectivity index (χ3v) is 4.49. The zero-order valence-electron chi connectivity index (χ0n) is 11.7. The Morgan fingerprint density at radius 3 is 2.55 bits per heavy atom. The number of nitrogens with zero attached hydrogens (tertiary/aromatic N) is 2. The first-order valence-corrected chi connectivity index (χ1v) is 7.47. The maximum absolute atomic E-state index is 12.0. The van der Waals surface area contributed by atoms with Gasteiger partial charge in [-0.3, -0.25) is 19.3 Å². The Balaban J connectivity index is 1.84. The van der Waals surface area contributed by atoms with E-state index in [4.69, 9.17) is 0 Å². The monoisotopic (exact) mass is 294 g/mol. The summed E-state index contributed by atoms with van der Waals surface area (Å²) in [5.41, 5.74) is 1.18. The van der Waals surface area contributed by atoms with Crippen LogP contribution in [0, 0.1) is 6.92 Å². The fraction of sp³-hybridized carbons (Fsp3) is 0.500. The molecule has 108 valence electrons. The van der Waals surface area contributed by atoms with Gasteiger partial charge in [0.25, 0.3) is 0 Å². The van der Waals surface area contributed by atoms with Gasteiger partial charge in [0.2, 0.25) is 17.7 Å². The van der Waals surface area contributed by atoms with Crippen LogP contribution in [0.4, 0.5) is 0 Å². The van der Waals surface area contributed by atoms with Crippen LogP contribution in [0.3, 0.4) is 0 Å². The highest BCUT2D eigenvalue weighted by Crippen LogP contribution is 2.18. The van der Waals surface area contributed by atoms with E-state index in [1.165, 1.54) is 10.5 Å². The predicted octanol–water partition coefficient (Wildman–Crippen LogP) is 1.55. The first-order chi connectivity index (χ1) is 9.49. The molecule has 1 saturated heterocycles. The van der Waals surface area contributed by atoms with Crippen LogP contribution in [0.15, 0.2) is 11.4 Å². The van der Waals surface area contributed by atoms with Crippen LogP contribution >= 0.6 is 11.3 Å². The summed E-state index contributed by atoms with van der Waals surface area (Å²) in [5, 5.41) is 2.00. The maximum Gasteiger partial charge on any atom is 0.229 e. The molecule has 0 N–H and O–H groups in total. The van der Waals surface area contributed by atoms with E-state index in [1.807, 2.05) is 18.4 Å². The van der Waals surface area contributed by atoms with Crippen LogP contribution in [0.5, 0.6) is 0 Å². The summed E-state index contributed by atoms with van der Waals surface area (Å²) in [7, 11) is 1.75. The Morgan fingerprint density at radius 1 is 1.35 bits per heavy atom. The molecule has 0 radical (unpaired) electrons. The molecule has 0 unspecified atom stereocenters. The number of aryl methyl sites for hydroxylation is 1. The van der Waals surface area contributed by atoms with Crippen molar-refractivity contribution in [2.45, 2.75) is 32.7 Å². The Kier molecular flexibility index (Phi) is 4.54. The van der Waals surface area contributed by atoms with Crippen LogP contribution in [0.25, 0.3) is 0 Å². The molecule has 0 saturated carbocycles. The van der Waals surface area contributed by atoms with Gasteiger partial charge in [0.05, 0.1) is 6.54 Å². The minimum absolute atomic E-state index is 0.0506. The summed E-state index contributed by atoms with van der Waals surface area (Å²) in [6.45, 7) is 2.79. The number of imide groups is 1.